The van der Waals surface area contributed by atoms with Crippen LogP contribution in [0.5, 0.6) is 0 Å². The maximum Gasteiger partial charge on any atom is 0.0922 e. The third-order valence-corrected chi connectivity index (χ3v) is 3.53. The number of aliphatic hydroxyl groups is 1. The summed E-state index contributed by atoms with van der Waals surface area (Å²) in [5.74, 6) is 0. The molecule has 1 aromatic carbocycles. The lowest BCUT2D eigenvalue weighted by atomic mass is 10.0. The summed E-state index contributed by atoms with van der Waals surface area (Å²) in [5, 5.41) is 13.1. The predicted molar refractivity (Wildman–Crippen MR) is 97.3 cm³/mol. The molecule has 24 heavy (non-hydrogen) atoms. The fourth-order valence-corrected chi connectivity index (χ4v) is 2.18. The van der Waals surface area contributed by atoms with Gasteiger partial charge in [0.25, 0.3) is 0 Å². The standard InChI is InChI=1S/C18H23FN2O.CH5N/c1-13(2)20-12-17-8-7-16(11-21-17)14-3-5-15(6-4-14)18(22)9-10-19;1-2/h3-8,11,13,18,20,22H,9-10,12H2,1-2H3;2H2,1H3. The number of nitrogens with one attached hydrogen (secondary N) is 1. The second-order valence-electron chi connectivity index (χ2n) is 5.69. The first-order chi connectivity index (χ1) is 11.6. The Bertz CT molecular complexity index is 570. The van der Waals surface area contributed by atoms with Crippen LogP contribution >= 0.6 is 0 Å². The summed E-state index contributed by atoms with van der Waals surface area (Å²) in [7, 11) is 1.50. The van der Waals surface area contributed by atoms with Crippen molar-refractivity contribution in [1.82, 2.24) is 10.3 Å². The van der Waals surface area contributed by atoms with E-state index < -0.39 is 12.8 Å². The average Bonchev–Trinajstić information content (AvgIpc) is 2.62. The van der Waals surface area contributed by atoms with Gasteiger partial charge in [0.15, 0.2) is 0 Å². The zero-order valence-electron chi connectivity index (χ0n) is 14.7. The normalized spacial score (nSPS) is 11.8. The van der Waals surface area contributed by atoms with Gasteiger partial charge in [0, 0.05) is 30.8 Å². The van der Waals surface area contributed by atoms with Gasteiger partial charge in [0.1, 0.15) is 0 Å². The van der Waals surface area contributed by atoms with E-state index in [-0.39, 0.29) is 6.42 Å². The van der Waals surface area contributed by atoms with Crippen molar-refractivity contribution in [1.29, 1.82) is 0 Å². The molecule has 0 radical (unpaired) electrons. The summed E-state index contributed by atoms with van der Waals surface area (Å²) in [6.45, 7) is 4.45. The molecule has 0 amide bonds. The first-order valence-electron chi connectivity index (χ1n) is 8.20. The monoisotopic (exact) mass is 333 g/mol. The van der Waals surface area contributed by atoms with E-state index in [1.807, 2.05) is 42.6 Å². The molecule has 1 heterocycles. The van der Waals surface area contributed by atoms with Crippen molar-refractivity contribution >= 4 is 0 Å². The second-order valence-corrected chi connectivity index (χ2v) is 5.69. The largest absolute Gasteiger partial charge is 0.388 e. The third kappa shape index (κ3) is 6.35. The lowest BCUT2D eigenvalue weighted by molar-refractivity contribution is 0.156. The van der Waals surface area contributed by atoms with Gasteiger partial charge >= 0.3 is 0 Å². The van der Waals surface area contributed by atoms with Crippen LogP contribution < -0.4 is 11.1 Å². The first kappa shape index (κ1) is 20.2. The van der Waals surface area contributed by atoms with Gasteiger partial charge in [0.05, 0.1) is 18.5 Å². The number of alkyl halides is 1. The lowest BCUT2D eigenvalue weighted by Crippen LogP contribution is -2.22. The number of hydrogen-bond acceptors (Lipinski definition) is 4. The van der Waals surface area contributed by atoms with Crippen LogP contribution in [0.25, 0.3) is 11.1 Å². The quantitative estimate of drug-likeness (QED) is 0.727. The number of nitrogens with zero attached hydrogens (tertiary/aromatic N) is 1. The van der Waals surface area contributed by atoms with E-state index in [1.165, 1.54) is 7.05 Å². The Kier molecular flexibility index (Phi) is 9.15. The van der Waals surface area contributed by atoms with Crippen molar-refractivity contribution in [3.05, 3.63) is 53.9 Å². The van der Waals surface area contributed by atoms with Crippen molar-refractivity contribution < 1.29 is 9.50 Å². The van der Waals surface area contributed by atoms with E-state index in [2.05, 4.69) is 29.9 Å². The smallest absolute Gasteiger partial charge is 0.0922 e. The number of aliphatic hydroxyl groups excluding tert-OH is 1. The van der Waals surface area contributed by atoms with Crippen LogP contribution in [0.4, 0.5) is 4.39 Å². The molecule has 0 saturated carbocycles. The zero-order chi connectivity index (χ0) is 17.9. The van der Waals surface area contributed by atoms with E-state index in [0.29, 0.717) is 6.04 Å². The second kappa shape index (κ2) is 10.9. The van der Waals surface area contributed by atoms with Crippen LogP contribution in [-0.4, -0.2) is 29.9 Å². The Morgan fingerprint density at radius 1 is 1.08 bits per heavy atom. The Hall–Kier alpha value is -1.82. The summed E-state index contributed by atoms with van der Waals surface area (Å²) in [6, 6.07) is 12.0. The number of hydrogen-bond donors (Lipinski definition) is 3. The van der Waals surface area contributed by atoms with Crippen molar-refractivity contribution in [2.24, 2.45) is 5.73 Å². The van der Waals surface area contributed by atoms with Crippen LogP contribution in [0, 0.1) is 0 Å². The van der Waals surface area contributed by atoms with Gasteiger partial charge in [-0.2, -0.15) is 0 Å². The minimum absolute atomic E-state index is 0.137. The van der Waals surface area contributed by atoms with Gasteiger partial charge in [-0.05, 0) is 24.2 Å². The molecule has 1 aromatic heterocycles. The zero-order valence-corrected chi connectivity index (χ0v) is 14.7. The van der Waals surface area contributed by atoms with Crippen molar-refractivity contribution in [2.75, 3.05) is 13.7 Å². The summed E-state index contributed by atoms with van der Waals surface area (Å²) < 4.78 is 12.3. The number of halogens is 1. The van der Waals surface area contributed by atoms with Crippen LogP contribution in [0.2, 0.25) is 0 Å². The van der Waals surface area contributed by atoms with Crippen molar-refractivity contribution in [3.8, 4) is 11.1 Å². The minimum atomic E-state index is -0.735. The molecule has 0 saturated heterocycles. The summed E-state index contributed by atoms with van der Waals surface area (Å²) in [5.41, 5.74) is 8.31. The molecule has 4 N–H and O–H groups in total. The van der Waals surface area contributed by atoms with Gasteiger partial charge in [-0.15, -0.1) is 0 Å². The van der Waals surface area contributed by atoms with Crippen LogP contribution in [0.15, 0.2) is 42.6 Å². The number of pyridine rings is 1. The third-order valence-electron chi connectivity index (χ3n) is 3.53. The molecule has 0 aliphatic rings. The van der Waals surface area contributed by atoms with Gasteiger partial charge in [0.2, 0.25) is 0 Å². The highest BCUT2D eigenvalue weighted by Crippen LogP contribution is 2.23. The van der Waals surface area contributed by atoms with Gasteiger partial charge in [-0.25, -0.2) is 0 Å². The van der Waals surface area contributed by atoms with Gasteiger partial charge in [-0.3, -0.25) is 9.37 Å². The van der Waals surface area contributed by atoms with Gasteiger partial charge < -0.3 is 16.2 Å². The SMILES string of the molecule is CC(C)NCc1ccc(-c2ccc(C(O)CCF)cc2)cn1.CN. The highest BCUT2D eigenvalue weighted by atomic mass is 19.1. The fraction of sp³-hybridized carbons (Fsp3) is 0.421. The molecule has 5 heteroatoms. The van der Waals surface area contributed by atoms with E-state index in [4.69, 9.17) is 0 Å². The summed E-state index contributed by atoms with van der Waals surface area (Å²) in [4.78, 5) is 4.45. The maximum absolute atomic E-state index is 12.3. The van der Waals surface area contributed by atoms with Crippen molar-refractivity contribution in [3.63, 3.8) is 0 Å². The van der Waals surface area contributed by atoms with E-state index >= 15 is 0 Å². The van der Waals surface area contributed by atoms with Crippen LogP contribution in [0.3, 0.4) is 0 Å². The maximum atomic E-state index is 12.3. The van der Waals surface area contributed by atoms with Crippen LogP contribution in [0.1, 0.15) is 37.6 Å². The first-order valence-corrected chi connectivity index (χ1v) is 8.20. The van der Waals surface area contributed by atoms with Gasteiger partial charge in [-0.1, -0.05) is 44.2 Å². The predicted octanol–water partition coefficient (Wildman–Crippen LogP) is 3.21. The Balaban J connectivity index is 0.00000139. The molecule has 1 atom stereocenters. The minimum Gasteiger partial charge on any atom is -0.388 e. The number of aromatic nitrogens is 1. The molecule has 132 valence electrons. The Morgan fingerprint density at radius 3 is 2.21 bits per heavy atom. The molecule has 0 aliphatic carbocycles. The Labute approximate surface area is 143 Å². The van der Waals surface area contributed by atoms with Crippen molar-refractivity contribution in [2.45, 2.75) is 39.0 Å². The fourth-order valence-electron chi connectivity index (χ4n) is 2.18. The summed E-state index contributed by atoms with van der Waals surface area (Å²) >= 11 is 0. The highest BCUT2D eigenvalue weighted by molar-refractivity contribution is 5.62. The molecule has 2 rings (SSSR count). The topological polar surface area (TPSA) is 71.2 Å². The molecular weight excluding hydrogens is 305 g/mol. The molecule has 0 spiro atoms. The molecule has 0 fully saturated rings. The lowest BCUT2D eigenvalue weighted by Gasteiger charge is -2.10. The van der Waals surface area contributed by atoms with E-state index in [0.717, 1.165) is 28.9 Å². The van der Waals surface area contributed by atoms with Crippen LogP contribution in [-0.2, 0) is 6.54 Å². The molecular formula is C19H28FN3O. The number of nitrogens with two attached hydrogens (primary N) is 1. The summed E-state index contributed by atoms with van der Waals surface area (Å²) in [6.07, 6.45) is 1.25. The highest BCUT2D eigenvalue weighted by Gasteiger charge is 2.07. The average molecular weight is 333 g/mol. The molecule has 1 unspecified atom stereocenters. The molecule has 2 aromatic rings. The Morgan fingerprint density at radius 2 is 1.71 bits per heavy atom. The number of benzene rings is 1. The molecule has 0 aliphatic heterocycles. The number of rotatable bonds is 7. The molecule has 0 bridgehead atoms. The molecule has 4 nitrogen and oxygen atoms in total. The van der Waals surface area contributed by atoms with E-state index in [9.17, 15) is 9.50 Å². The van der Waals surface area contributed by atoms with E-state index in [1.54, 1.807) is 0 Å².